The van der Waals surface area contributed by atoms with E-state index >= 15 is 0 Å². The number of aromatic nitrogens is 3. The summed E-state index contributed by atoms with van der Waals surface area (Å²) in [6.45, 7) is 0.838. The maximum absolute atomic E-state index is 13.3. The van der Waals surface area contributed by atoms with Crippen molar-refractivity contribution in [2.24, 2.45) is 0 Å². The van der Waals surface area contributed by atoms with Crippen LogP contribution in [0.5, 0.6) is 0 Å². The SMILES string of the molecule is O=C(c1cnco1)N1CNC2=C1C(c1cc3cccc(C(F)(F)F)n3n1)NCC2. The Bertz CT molecular complexity index is 1120. The Kier molecular flexibility index (Phi) is 3.88. The molecular formula is C18H15F3N6O2. The quantitative estimate of drug-likeness (QED) is 0.682. The minimum atomic E-state index is -4.53. The molecule has 0 fully saturated rings. The number of alkyl halides is 3. The second kappa shape index (κ2) is 6.34. The van der Waals surface area contributed by atoms with Crippen molar-refractivity contribution in [2.45, 2.75) is 18.6 Å². The van der Waals surface area contributed by atoms with Crippen LogP contribution in [0.3, 0.4) is 0 Å². The molecule has 1 unspecified atom stereocenters. The molecule has 0 bridgehead atoms. The van der Waals surface area contributed by atoms with Gasteiger partial charge in [0.2, 0.25) is 5.76 Å². The highest BCUT2D eigenvalue weighted by Gasteiger charge is 2.39. The number of hydrogen-bond acceptors (Lipinski definition) is 6. The number of carbonyl (C=O) groups is 1. The van der Waals surface area contributed by atoms with Crippen LogP contribution < -0.4 is 10.6 Å². The topological polar surface area (TPSA) is 87.7 Å². The molecule has 5 rings (SSSR count). The van der Waals surface area contributed by atoms with Gasteiger partial charge in [0.15, 0.2) is 6.39 Å². The molecule has 2 aliphatic rings. The summed E-state index contributed by atoms with van der Waals surface area (Å²) in [6, 6.07) is 4.95. The van der Waals surface area contributed by atoms with Crippen molar-refractivity contribution < 1.29 is 22.4 Å². The highest BCUT2D eigenvalue weighted by atomic mass is 19.4. The Morgan fingerprint density at radius 3 is 2.93 bits per heavy atom. The first-order valence-corrected chi connectivity index (χ1v) is 8.90. The van der Waals surface area contributed by atoms with E-state index in [0.717, 1.165) is 16.3 Å². The zero-order valence-electron chi connectivity index (χ0n) is 14.9. The van der Waals surface area contributed by atoms with Gasteiger partial charge in [-0.05, 0) is 18.2 Å². The third kappa shape index (κ3) is 2.85. The van der Waals surface area contributed by atoms with E-state index in [0.29, 0.717) is 29.9 Å². The number of amides is 1. The van der Waals surface area contributed by atoms with E-state index in [4.69, 9.17) is 4.42 Å². The van der Waals surface area contributed by atoms with Crippen molar-refractivity contribution in [1.82, 2.24) is 30.1 Å². The normalized spacial score (nSPS) is 19.6. The summed E-state index contributed by atoms with van der Waals surface area (Å²) in [4.78, 5) is 18.1. The second-order valence-corrected chi connectivity index (χ2v) is 6.75. The molecule has 3 aromatic rings. The predicted octanol–water partition coefficient (Wildman–Crippen LogP) is 2.29. The maximum Gasteiger partial charge on any atom is 0.433 e. The van der Waals surface area contributed by atoms with Crippen LogP contribution in [0, 0.1) is 0 Å². The largest absolute Gasteiger partial charge is 0.438 e. The summed E-state index contributed by atoms with van der Waals surface area (Å²) in [5.41, 5.74) is 1.35. The van der Waals surface area contributed by atoms with Gasteiger partial charge in [0, 0.05) is 18.7 Å². The van der Waals surface area contributed by atoms with Crippen molar-refractivity contribution >= 4 is 11.4 Å². The third-order valence-corrected chi connectivity index (χ3v) is 5.03. The van der Waals surface area contributed by atoms with Gasteiger partial charge < -0.3 is 15.1 Å². The van der Waals surface area contributed by atoms with Gasteiger partial charge in [-0.25, -0.2) is 9.50 Å². The summed E-state index contributed by atoms with van der Waals surface area (Å²) >= 11 is 0. The molecule has 0 spiro atoms. The van der Waals surface area contributed by atoms with Crippen LogP contribution in [0.15, 0.2) is 52.7 Å². The highest BCUT2D eigenvalue weighted by molar-refractivity contribution is 5.93. The van der Waals surface area contributed by atoms with Crippen molar-refractivity contribution in [3.8, 4) is 0 Å². The number of nitrogens with one attached hydrogen (secondary N) is 2. The molecule has 0 saturated heterocycles. The van der Waals surface area contributed by atoms with Crippen molar-refractivity contribution in [3.05, 3.63) is 65.4 Å². The average Bonchev–Trinajstić information content (AvgIpc) is 3.44. The number of fused-ring (bicyclic) bond motifs is 1. The van der Waals surface area contributed by atoms with Gasteiger partial charge in [-0.3, -0.25) is 9.69 Å². The molecule has 2 aliphatic heterocycles. The fourth-order valence-corrected chi connectivity index (χ4v) is 3.77. The Morgan fingerprint density at radius 2 is 2.17 bits per heavy atom. The lowest BCUT2D eigenvalue weighted by atomic mass is 10.0. The molecule has 150 valence electrons. The first kappa shape index (κ1) is 17.7. The van der Waals surface area contributed by atoms with E-state index in [1.165, 1.54) is 23.6 Å². The van der Waals surface area contributed by atoms with Gasteiger partial charge in [-0.1, -0.05) is 6.07 Å². The minimum absolute atomic E-state index is 0.0826. The standard InChI is InChI=1S/C18H15F3N6O2/c19-18(20,21)14-3-1-2-10-6-12(25-27(10)14)15-16-11(4-5-23-15)24-8-26(16)17(28)13-7-22-9-29-13/h1-3,6-7,9,15,23-24H,4-5,8H2. The fraction of sp³-hybridized carbons (Fsp3) is 0.278. The lowest BCUT2D eigenvalue weighted by Gasteiger charge is -2.28. The average molecular weight is 404 g/mol. The van der Waals surface area contributed by atoms with Crippen molar-refractivity contribution in [2.75, 3.05) is 13.2 Å². The zero-order chi connectivity index (χ0) is 20.2. The second-order valence-electron chi connectivity index (χ2n) is 6.75. The van der Waals surface area contributed by atoms with E-state index in [1.54, 1.807) is 12.1 Å². The minimum Gasteiger partial charge on any atom is -0.438 e. The first-order chi connectivity index (χ1) is 13.9. The zero-order valence-corrected chi connectivity index (χ0v) is 14.9. The van der Waals surface area contributed by atoms with Gasteiger partial charge >= 0.3 is 6.18 Å². The number of halogens is 3. The molecule has 0 aliphatic carbocycles. The maximum atomic E-state index is 13.3. The van der Waals surface area contributed by atoms with Crippen LogP contribution in [-0.4, -0.2) is 38.6 Å². The van der Waals surface area contributed by atoms with E-state index in [-0.39, 0.29) is 18.3 Å². The molecule has 2 N–H and O–H groups in total. The first-order valence-electron chi connectivity index (χ1n) is 8.90. The summed E-state index contributed by atoms with van der Waals surface area (Å²) in [5.74, 6) is -0.298. The number of hydrogen-bond donors (Lipinski definition) is 2. The summed E-state index contributed by atoms with van der Waals surface area (Å²) in [6.07, 6.45) is -1.38. The lowest BCUT2D eigenvalue weighted by molar-refractivity contribution is -0.142. The molecule has 8 nitrogen and oxygen atoms in total. The van der Waals surface area contributed by atoms with Crippen LogP contribution in [0.2, 0.25) is 0 Å². The number of nitrogens with zero attached hydrogens (tertiary/aromatic N) is 4. The Hall–Kier alpha value is -3.34. The summed E-state index contributed by atoms with van der Waals surface area (Å²) in [5, 5.41) is 10.7. The molecule has 1 amide bonds. The van der Waals surface area contributed by atoms with E-state index in [9.17, 15) is 18.0 Å². The Balaban J connectivity index is 1.57. The number of pyridine rings is 1. The van der Waals surface area contributed by atoms with E-state index in [2.05, 4.69) is 20.7 Å². The molecule has 11 heteroatoms. The van der Waals surface area contributed by atoms with Crippen LogP contribution in [0.25, 0.3) is 5.52 Å². The van der Waals surface area contributed by atoms with Crippen molar-refractivity contribution in [1.29, 1.82) is 0 Å². The smallest absolute Gasteiger partial charge is 0.433 e. The van der Waals surface area contributed by atoms with E-state index in [1.807, 2.05) is 0 Å². The van der Waals surface area contributed by atoms with Crippen LogP contribution in [-0.2, 0) is 6.18 Å². The third-order valence-electron chi connectivity index (χ3n) is 5.03. The van der Waals surface area contributed by atoms with Crippen LogP contribution in [0.1, 0.15) is 34.4 Å². The molecular weight excluding hydrogens is 389 g/mol. The van der Waals surface area contributed by atoms with Gasteiger partial charge in [0.25, 0.3) is 5.91 Å². The lowest BCUT2D eigenvalue weighted by Crippen LogP contribution is -2.37. The van der Waals surface area contributed by atoms with E-state index < -0.39 is 17.9 Å². The molecule has 29 heavy (non-hydrogen) atoms. The van der Waals surface area contributed by atoms with Gasteiger partial charge in [-0.2, -0.15) is 18.3 Å². The predicted molar refractivity (Wildman–Crippen MR) is 93.3 cm³/mol. The number of oxazole rings is 1. The number of carbonyl (C=O) groups excluding carboxylic acids is 1. The van der Waals surface area contributed by atoms with Crippen LogP contribution >= 0.6 is 0 Å². The summed E-state index contributed by atoms with van der Waals surface area (Å²) in [7, 11) is 0. The van der Waals surface area contributed by atoms with Gasteiger partial charge in [0.1, 0.15) is 5.69 Å². The summed E-state index contributed by atoms with van der Waals surface area (Å²) < 4.78 is 46.0. The monoisotopic (exact) mass is 404 g/mol. The Labute approximate surface area is 162 Å². The fourth-order valence-electron chi connectivity index (χ4n) is 3.77. The Morgan fingerprint density at radius 1 is 1.31 bits per heavy atom. The number of rotatable bonds is 2. The highest BCUT2D eigenvalue weighted by Crippen LogP contribution is 2.36. The van der Waals surface area contributed by atoms with Gasteiger partial charge in [0.05, 0.1) is 35.8 Å². The van der Waals surface area contributed by atoms with Crippen molar-refractivity contribution in [3.63, 3.8) is 0 Å². The molecule has 3 aromatic heterocycles. The van der Waals surface area contributed by atoms with Gasteiger partial charge in [-0.15, -0.1) is 0 Å². The molecule has 5 heterocycles. The van der Waals surface area contributed by atoms with Crippen LogP contribution in [0.4, 0.5) is 13.2 Å². The molecule has 0 aromatic carbocycles. The molecule has 0 radical (unpaired) electrons. The molecule has 1 atom stereocenters. The molecule has 0 saturated carbocycles.